The van der Waals surface area contributed by atoms with Gasteiger partial charge >= 0.3 is 0 Å². The zero-order valence-corrected chi connectivity index (χ0v) is 9.79. The van der Waals surface area contributed by atoms with Gasteiger partial charge in [0.1, 0.15) is 17.6 Å². The largest absolute Gasteiger partial charge is 0.508 e. The molecule has 0 fully saturated rings. The van der Waals surface area contributed by atoms with Crippen LogP contribution in [0.2, 0.25) is 0 Å². The molecule has 0 heterocycles. The van der Waals surface area contributed by atoms with Gasteiger partial charge in [-0.05, 0) is 24.3 Å². The molecule has 0 saturated carbocycles. The van der Waals surface area contributed by atoms with Crippen molar-refractivity contribution in [2.24, 2.45) is 0 Å². The number of rotatable bonds is 2. The van der Waals surface area contributed by atoms with Crippen LogP contribution in [-0.4, -0.2) is 16.1 Å². The van der Waals surface area contributed by atoms with Crippen LogP contribution < -0.4 is 5.32 Å². The van der Waals surface area contributed by atoms with Crippen LogP contribution >= 0.6 is 0 Å². The molecule has 0 aliphatic rings. The molecular weight excluding hydrogens is 244 g/mol. The third-order valence-electron chi connectivity index (χ3n) is 2.46. The highest BCUT2D eigenvalue weighted by Crippen LogP contribution is 2.22. The van der Waals surface area contributed by atoms with Crippen LogP contribution in [-0.2, 0) is 0 Å². The third kappa shape index (κ3) is 2.82. The van der Waals surface area contributed by atoms with Crippen molar-refractivity contribution in [1.82, 2.24) is 0 Å². The van der Waals surface area contributed by atoms with Gasteiger partial charge in [0.2, 0.25) is 0 Å². The summed E-state index contributed by atoms with van der Waals surface area (Å²) in [4.78, 5) is 11.9. The van der Waals surface area contributed by atoms with E-state index in [4.69, 9.17) is 5.26 Å². The molecule has 19 heavy (non-hydrogen) atoms. The van der Waals surface area contributed by atoms with E-state index in [1.54, 1.807) is 24.3 Å². The van der Waals surface area contributed by atoms with E-state index in [0.717, 1.165) is 6.07 Å². The Morgan fingerprint density at radius 2 is 1.74 bits per heavy atom. The molecule has 0 aliphatic heterocycles. The van der Waals surface area contributed by atoms with E-state index in [1.807, 2.05) is 6.07 Å². The molecule has 0 atom stereocenters. The summed E-state index contributed by atoms with van der Waals surface area (Å²) in [6.45, 7) is 0. The summed E-state index contributed by atoms with van der Waals surface area (Å²) in [5.74, 6) is -0.939. The Morgan fingerprint density at radius 3 is 2.37 bits per heavy atom. The standard InChI is InChI=1S/C14H10N2O3/c15-8-9-3-1-2-4-13(9)16-14(19)10-5-11(17)7-12(18)6-10/h1-7,17-18H,(H,16,19). The summed E-state index contributed by atoms with van der Waals surface area (Å²) in [6.07, 6.45) is 0. The average Bonchev–Trinajstić information content (AvgIpc) is 2.38. The maximum absolute atomic E-state index is 11.9. The number of para-hydroxylation sites is 1. The average molecular weight is 254 g/mol. The lowest BCUT2D eigenvalue weighted by Gasteiger charge is -2.07. The molecule has 0 spiro atoms. The number of anilines is 1. The van der Waals surface area contributed by atoms with Gasteiger partial charge < -0.3 is 15.5 Å². The fraction of sp³-hybridized carbons (Fsp3) is 0. The fourth-order valence-electron chi connectivity index (χ4n) is 1.61. The number of phenols is 2. The normalized spacial score (nSPS) is 9.63. The predicted molar refractivity (Wildman–Crippen MR) is 68.9 cm³/mol. The molecule has 0 unspecified atom stereocenters. The Hall–Kier alpha value is -3.00. The first kappa shape index (κ1) is 12.5. The summed E-state index contributed by atoms with van der Waals surface area (Å²) in [5.41, 5.74) is 0.809. The summed E-state index contributed by atoms with van der Waals surface area (Å²) >= 11 is 0. The van der Waals surface area contributed by atoms with E-state index in [1.165, 1.54) is 12.1 Å². The van der Waals surface area contributed by atoms with E-state index in [0.29, 0.717) is 11.3 Å². The van der Waals surface area contributed by atoms with Crippen molar-refractivity contribution in [3.8, 4) is 17.6 Å². The molecule has 0 aromatic heterocycles. The number of phenolic OH excluding ortho intramolecular Hbond substituents is 2. The Balaban J connectivity index is 2.29. The first-order chi connectivity index (χ1) is 9.10. The van der Waals surface area contributed by atoms with Gasteiger partial charge in [-0.15, -0.1) is 0 Å². The minimum atomic E-state index is -0.520. The molecule has 94 valence electrons. The lowest BCUT2D eigenvalue weighted by atomic mass is 10.1. The molecular formula is C14H10N2O3. The summed E-state index contributed by atoms with van der Waals surface area (Å²) in [7, 11) is 0. The van der Waals surface area contributed by atoms with Crippen molar-refractivity contribution in [1.29, 1.82) is 5.26 Å². The van der Waals surface area contributed by atoms with Gasteiger partial charge in [-0.2, -0.15) is 5.26 Å². The van der Waals surface area contributed by atoms with Gasteiger partial charge in [0, 0.05) is 11.6 Å². The first-order valence-corrected chi connectivity index (χ1v) is 5.43. The van der Waals surface area contributed by atoms with Crippen molar-refractivity contribution in [3.05, 3.63) is 53.6 Å². The molecule has 0 radical (unpaired) electrons. The number of carbonyl (C=O) groups excluding carboxylic acids is 1. The van der Waals surface area contributed by atoms with E-state index >= 15 is 0 Å². The van der Waals surface area contributed by atoms with Crippen LogP contribution in [0.1, 0.15) is 15.9 Å². The van der Waals surface area contributed by atoms with Gasteiger partial charge in [0.05, 0.1) is 11.3 Å². The summed E-state index contributed by atoms with van der Waals surface area (Å²) in [6, 6.07) is 12.1. The number of nitriles is 1. The molecule has 2 aromatic carbocycles. The topological polar surface area (TPSA) is 93.4 Å². The van der Waals surface area contributed by atoms with Gasteiger partial charge in [-0.25, -0.2) is 0 Å². The molecule has 2 aromatic rings. The van der Waals surface area contributed by atoms with Crippen molar-refractivity contribution in [2.75, 3.05) is 5.32 Å². The van der Waals surface area contributed by atoms with Gasteiger partial charge in [0.25, 0.3) is 5.91 Å². The van der Waals surface area contributed by atoms with Crippen molar-refractivity contribution < 1.29 is 15.0 Å². The third-order valence-corrected chi connectivity index (χ3v) is 2.46. The molecule has 0 aliphatic carbocycles. The van der Waals surface area contributed by atoms with Crippen molar-refractivity contribution in [2.45, 2.75) is 0 Å². The van der Waals surface area contributed by atoms with Crippen LogP contribution in [0.3, 0.4) is 0 Å². The van der Waals surface area contributed by atoms with E-state index in [9.17, 15) is 15.0 Å². The predicted octanol–water partition coefficient (Wildman–Crippen LogP) is 2.22. The second-order valence-corrected chi connectivity index (χ2v) is 3.85. The van der Waals surface area contributed by atoms with Gasteiger partial charge in [-0.1, -0.05) is 12.1 Å². The summed E-state index contributed by atoms with van der Waals surface area (Å²) in [5, 5.41) is 30.1. The van der Waals surface area contributed by atoms with Crippen LogP contribution in [0.4, 0.5) is 5.69 Å². The van der Waals surface area contributed by atoms with Crippen molar-refractivity contribution >= 4 is 11.6 Å². The molecule has 0 saturated heterocycles. The molecule has 5 heteroatoms. The number of hydrogen-bond donors (Lipinski definition) is 3. The van der Waals surface area contributed by atoms with Crippen LogP contribution in [0.5, 0.6) is 11.5 Å². The Bertz CT molecular complexity index is 654. The van der Waals surface area contributed by atoms with Crippen molar-refractivity contribution in [3.63, 3.8) is 0 Å². The minimum Gasteiger partial charge on any atom is -0.508 e. The first-order valence-electron chi connectivity index (χ1n) is 5.43. The van der Waals surface area contributed by atoms with Gasteiger partial charge in [0.15, 0.2) is 0 Å². The Labute approximate surface area is 109 Å². The maximum Gasteiger partial charge on any atom is 0.255 e. The number of aromatic hydroxyl groups is 2. The number of amides is 1. The number of hydrogen-bond acceptors (Lipinski definition) is 4. The van der Waals surface area contributed by atoms with Crippen LogP contribution in [0.25, 0.3) is 0 Å². The van der Waals surface area contributed by atoms with E-state index in [-0.39, 0.29) is 17.1 Å². The minimum absolute atomic E-state index is 0.102. The second-order valence-electron chi connectivity index (χ2n) is 3.85. The Kier molecular flexibility index (Phi) is 3.35. The number of nitrogens with zero attached hydrogens (tertiary/aromatic N) is 1. The molecule has 3 N–H and O–H groups in total. The molecule has 0 bridgehead atoms. The smallest absolute Gasteiger partial charge is 0.255 e. The fourth-order valence-corrected chi connectivity index (χ4v) is 1.61. The van der Waals surface area contributed by atoms with Crippen LogP contribution in [0, 0.1) is 11.3 Å². The number of nitrogens with one attached hydrogen (secondary N) is 1. The van der Waals surface area contributed by atoms with E-state index in [2.05, 4.69) is 5.32 Å². The molecule has 2 rings (SSSR count). The zero-order valence-electron chi connectivity index (χ0n) is 9.79. The highest BCUT2D eigenvalue weighted by atomic mass is 16.3. The quantitative estimate of drug-likeness (QED) is 0.766. The monoisotopic (exact) mass is 254 g/mol. The molecule has 1 amide bonds. The van der Waals surface area contributed by atoms with Gasteiger partial charge in [-0.3, -0.25) is 4.79 Å². The second kappa shape index (κ2) is 5.10. The molecule has 5 nitrogen and oxygen atoms in total. The maximum atomic E-state index is 11.9. The lowest BCUT2D eigenvalue weighted by Crippen LogP contribution is -2.12. The van der Waals surface area contributed by atoms with Crippen LogP contribution in [0.15, 0.2) is 42.5 Å². The number of benzene rings is 2. The highest BCUT2D eigenvalue weighted by Gasteiger charge is 2.10. The zero-order chi connectivity index (χ0) is 13.8. The lowest BCUT2D eigenvalue weighted by molar-refractivity contribution is 0.102. The Morgan fingerprint density at radius 1 is 1.11 bits per heavy atom. The SMILES string of the molecule is N#Cc1ccccc1NC(=O)c1cc(O)cc(O)c1. The number of carbonyl (C=O) groups is 1. The van der Waals surface area contributed by atoms with E-state index < -0.39 is 5.91 Å². The summed E-state index contributed by atoms with van der Waals surface area (Å²) < 4.78 is 0. The highest BCUT2D eigenvalue weighted by molar-refractivity contribution is 6.05.